The van der Waals surface area contributed by atoms with E-state index in [1.807, 2.05) is 0 Å². The molecule has 0 heteroatoms. The summed E-state index contributed by atoms with van der Waals surface area (Å²) >= 11 is 0. The molecule has 7 rings (SSSR count). The standard InChI is InChI=1S/C30H18/c1-2-7-22-17-28-24(15-21(22)6-1)13-10-20-11-14-25-16-23-12-9-19-5-3-4-8-26(19)27(23)18-29(25)30(20)28/h1-18H. The second kappa shape index (κ2) is 5.81. The zero-order valence-corrected chi connectivity index (χ0v) is 16.4. The van der Waals surface area contributed by atoms with Crippen LogP contribution in [0.25, 0.3) is 64.6 Å². The van der Waals surface area contributed by atoms with Gasteiger partial charge in [0.15, 0.2) is 0 Å². The van der Waals surface area contributed by atoms with E-state index in [0.717, 1.165) is 0 Å². The maximum absolute atomic E-state index is 2.41. The molecule has 0 atom stereocenters. The van der Waals surface area contributed by atoms with Gasteiger partial charge in [0.05, 0.1) is 0 Å². The van der Waals surface area contributed by atoms with Crippen LogP contribution in [0.15, 0.2) is 109 Å². The third kappa shape index (κ3) is 2.16. The van der Waals surface area contributed by atoms with Crippen molar-refractivity contribution in [2.45, 2.75) is 0 Å². The van der Waals surface area contributed by atoms with Crippen LogP contribution in [0.2, 0.25) is 0 Å². The molecular weight excluding hydrogens is 360 g/mol. The van der Waals surface area contributed by atoms with Crippen molar-refractivity contribution in [3.05, 3.63) is 109 Å². The Kier molecular flexibility index (Phi) is 3.09. The third-order valence-corrected chi connectivity index (χ3v) is 6.55. The second-order valence-electron chi connectivity index (χ2n) is 8.23. The highest BCUT2D eigenvalue weighted by molar-refractivity contribution is 6.25. The van der Waals surface area contributed by atoms with E-state index in [4.69, 9.17) is 0 Å². The largest absolute Gasteiger partial charge is 0.0616 e. The van der Waals surface area contributed by atoms with Crippen LogP contribution in [0.5, 0.6) is 0 Å². The maximum Gasteiger partial charge on any atom is -0.00264 e. The first-order chi connectivity index (χ1) is 14.8. The number of hydrogen-bond donors (Lipinski definition) is 0. The Balaban J connectivity index is 1.73. The molecule has 0 spiro atoms. The molecule has 138 valence electrons. The van der Waals surface area contributed by atoms with Crippen molar-refractivity contribution in [1.29, 1.82) is 0 Å². The quantitative estimate of drug-likeness (QED) is 0.183. The molecule has 30 heavy (non-hydrogen) atoms. The van der Waals surface area contributed by atoms with Gasteiger partial charge >= 0.3 is 0 Å². The van der Waals surface area contributed by atoms with Crippen LogP contribution in [-0.4, -0.2) is 0 Å². The summed E-state index contributed by atoms with van der Waals surface area (Å²) < 4.78 is 0. The minimum atomic E-state index is 1.29. The Bertz CT molecular complexity index is 1780. The van der Waals surface area contributed by atoms with Crippen LogP contribution < -0.4 is 0 Å². The molecule has 0 amide bonds. The first-order valence-electron chi connectivity index (χ1n) is 10.4. The lowest BCUT2D eigenvalue weighted by Crippen LogP contribution is -1.84. The van der Waals surface area contributed by atoms with Crippen molar-refractivity contribution in [1.82, 2.24) is 0 Å². The first-order valence-corrected chi connectivity index (χ1v) is 10.4. The molecule has 0 unspecified atom stereocenters. The molecular formula is C30H18. The predicted octanol–water partition coefficient (Wildman–Crippen LogP) is 8.61. The van der Waals surface area contributed by atoms with Gasteiger partial charge in [-0.05, 0) is 88.9 Å². The molecule has 0 saturated carbocycles. The molecule has 0 bridgehead atoms. The minimum absolute atomic E-state index is 1.29. The Morgan fingerprint density at radius 2 is 0.767 bits per heavy atom. The summed E-state index contributed by atoms with van der Waals surface area (Å²) in [5, 5.41) is 15.7. The van der Waals surface area contributed by atoms with Gasteiger partial charge in [-0.15, -0.1) is 0 Å². The highest BCUT2D eigenvalue weighted by Gasteiger charge is 2.09. The van der Waals surface area contributed by atoms with Crippen LogP contribution >= 0.6 is 0 Å². The lowest BCUT2D eigenvalue weighted by atomic mass is 9.92. The number of fused-ring (bicyclic) bond motifs is 9. The highest BCUT2D eigenvalue weighted by Crippen LogP contribution is 2.37. The van der Waals surface area contributed by atoms with Crippen molar-refractivity contribution in [2.24, 2.45) is 0 Å². The van der Waals surface area contributed by atoms with Gasteiger partial charge in [-0.25, -0.2) is 0 Å². The van der Waals surface area contributed by atoms with Gasteiger partial charge in [-0.2, -0.15) is 0 Å². The molecule has 0 fully saturated rings. The number of benzene rings is 7. The summed E-state index contributed by atoms with van der Waals surface area (Å²) in [6, 6.07) is 40.3. The van der Waals surface area contributed by atoms with Gasteiger partial charge in [0.25, 0.3) is 0 Å². The number of rotatable bonds is 0. The third-order valence-electron chi connectivity index (χ3n) is 6.55. The van der Waals surface area contributed by atoms with E-state index in [1.54, 1.807) is 0 Å². The van der Waals surface area contributed by atoms with E-state index in [1.165, 1.54) is 64.6 Å². The van der Waals surface area contributed by atoms with E-state index in [-0.39, 0.29) is 0 Å². The van der Waals surface area contributed by atoms with Crippen LogP contribution in [0.1, 0.15) is 0 Å². The van der Waals surface area contributed by atoms with Crippen molar-refractivity contribution in [3.63, 3.8) is 0 Å². The van der Waals surface area contributed by atoms with Crippen LogP contribution in [0.3, 0.4) is 0 Å². The van der Waals surface area contributed by atoms with Crippen molar-refractivity contribution < 1.29 is 0 Å². The van der Waals surface area contributed by atoms with Crippen molar-refractivity contribution >= 4 is 64.6 Å². The summed E-state index contributed by atoms with van der Waals surface area (Å²) in [6.07, 6.45) is 0. The van der Waals surface area contributed by atoms with E-state index < -0.39 is 0 Å². The van der Waals surface area contributed by atoms with E-state index in [9.17, 15) is 0 Å². The second-order valence-corrected chi connectivity index (χ2v) is 8.23. The van der Waals surface area contributed by atoms with Crippen molar-refractivity contribution in [2.75, 3.05) is 0 Å². The molecule has 0 aliphatic rings. The Morgan fingerprint density at radius 3 is 1.53 bits per heavy atom. The molecule has 0 saturated heterocycles. The summed E-state index contributed by atoms with van der Waals surface area (Å²) in [7, 11) is 0. The van der Waals surface area contributed by atoms with Gasteiger partial charge < -0.3 is 0 Å². The van der Waals surface area contributed by atoms with E-state index in [0.29, 0.717) is 0 Å². The topological polar surface area (TPSA) is 0 Å². The fourth-order valence-corrected chi connectivity index (χ4v) is 5.08. The summed E-state index contributed by atoms with van der Waals surface area (Å²) in [5.41, 5.74) is 0. The zero-order chi connectivity index (χ0) is 19.7. The van der Waals surface area contributed by atoms with E-state index in [2.05, 4.69) is 109 Å². The molecule has 0 aliphatic heterocycles. The minimum Gasteiger partial charge on any atom is -0.0616 e. The highest BCUT2D eigenvalue weighted by atomic mass is 14.1. The maximum atomic E-state index is 2.41. The fourth-order valence-electron chi connectivity index (χ4n) is 5.08. The van der Waals surface area contributed by atoms with Gasteiger partial charge in [0.2, 0.25) is 0 Å². The molecule has 0 aromatic heterocycles. The summed E-state index contributed by atoms with van der Waals surface area (Å²) in [5.74, 6) is 0. The Hall–Kier alpha value is -3.90. The lowest BCUT2D eigenvalue weighted by molar-refractivity contribution is 1.78. The SMILES string of the molecule is c1ccc2cc3c(ccc4ccc5cc6ccc7ccccc7c6cc5c43)cc2c1. The van der Waals surface area contributed by atoms with E-state index >= 15 is 0 Å². The molecule has 0 radical (unpaired) electrons. The molecule has 7 aromatic carbocycles. The van der Waals surface area contributed by atoms with Crippen LogP contribution in [-0.2, 0) is 0 Å². The average molecular weight is 378 g/mol. The summed E-state index contributed by atoms with van der Waals surface area (Å²) in [6.45, 7) is 0. The Morgan fingerprint density at radius 1 is 0.267 bits per heavy atom. The smallest absolute Gasteiger partial charge is 0.00264 e. The molecule has 0 nitrogen and oxygen atoms in total. The Labute approximate surface area is 174 Å². The average Bonchev–Trinajstić information content (AvgIpc) is 2.81. The van der Waals surface area contributed by atoms with Crippen LogP contribution in [0, 0.1) is 0 Å². The summed E-state index contributed by atoms with van der Waals surface area (Å²) in [4.78, 5) is 0. The predicted molar refractivity (Wildman–Crippen MR) is 131 cm³/mol. The normalized spacial score (nSPS) is 12.0. The first kappa shape index (κ1) is 16.0. The number of hydrogen-bond acceptors (Lipinski definition) is 0. The van der Waals surface area contributed by atoms with Gasteiger partial charge in [0, 0.05) is 0 Å². The molecule has 0 heterocycles. The molecule has 7 aromatic rings. The monoisotopic (exact) mass is 378 g/mol. The van der Waals surface area contributed by atoms with Gasteiger partial charge in [-0.1, -0.05) is 84.9 Å². The molecule has 0 N–H and O–H groups in total. The van der Waals surface area contributed by atoms with Gasteiger partial charge in [0.1, 0.15) is 0 Å². The fraction of sp³-hybridized carbons (Fsp3) is 0. The van der Waals surface area contributed by atoms with Crippen LogP contribution in [0.4, 0.5) is 0 Å². The zero-order valence-electron chi connectivity index (χ0n) is 16.4. The van der Waals surface area contributed by atoms with Gasteiger partial charge in [-0.3, -0.25) is 0 Å². The molecule has 0 aliphatic carbocycles. The lowest BCUT2D eigenvalue weighted by Gasteiger charge is -2.12. The van der Waals surface area contributed by atoms with Crippen molar-refractivity contribution in [3.8, 4) is 0 Å².